The highest BCUT2D eigenvalue weighted by Gasteiger charge is 2.21. The number of carbonyl (C=O) groups is 1. The minimum absolute atomic E-state index is 0.0613. The van der Waals surface area contributed by atoms with Crippen molar-refractivity contribution in [3.8, 4) is 16.3 Å². The van der Waals surface area contributed by atoms with Gasteiger partial charge in [0.05, 0.1) is 20.7 Å². The molecule has 9 heteroatoms. The van der Waals surface area contributed by atoms with Gasteiger partial charge in [0.1, 0.15) is 10.8 Å². The van der Waals surface area contributed by atoms with E-state index in [0.29, 0.717) is 21.8 Å². The van der Waals surface area contributed by atoms with E-state index in [-0.39, 0.29) is 17.2 Å². The second-order valence-electron chi connectivity index (χ2n) is 8.44. The van der Waals surface area contributed by atoms with Crippen molar-refractivity contribution >= 4 is 43.2 Å². The average molecular weight is 530 g/mol. The molecule has 0 aliphatic carbocycles. The Morgan fingerprint density at radius 3 is 2.38 bits per heavy atom. The van der Waals surface area contributed by atoms with Crippen molar-refractivity contribution in [3.63, 3.8) is 0 Å². The van der Waals surface area contributed by atoms with Crippen LogP contribution in [0.4, 0.5) is 5.69 Å². The van der Waals surface area contributed by atoms with Gasteiger partial charge in [-0.05, 0) is 60.2 Å². The van der Waals surface area contributed by atoms with E-state index in [2.05, 4.69) is 10.3 Å². The number of benzene rings is 4. The number of amides is 1. The lowest BCUT2D eigenvalue weighted by molar-refractivity contribution is 0.102. The molecule has 5 rings (SSSR count). The Hall–Kier alpha value is -4.05. The van der Waals surface area contributed by atoms with Crippen LogP contribution in [-0.2, 0) is 16.6 Å². The quantitative estimate of drug-likeness (QED) is 0.262. The fourth-order valence-corrected chi connectivity index (χ4v) is 6.01. The number of thiazole rings is 1. The van der Waals surface area contributed by atoms with Gasteiger partial charge in [0, 0.05) is 24.8 Å². The van der Waals surface area contributed by atoms with Crippen LogP contribution in [0.15, 0.2) is 102 Å². The molecule has 37 heavy (non-hydrogen) atoms. The van der Waals surface area contributed by atoms with Crippen molar-refractivity contribution in [2.75, 3.05) is 12.4 Å². The SMILES string of the molecule is CN(Cc1ccccc1)S(=O)(=O)c1ccc(C(=O)Nc2ccc(O)c(-c3nc4ccccc4s3)c2)cc1. The number of carbonyl (C=O) groups excluding carboxylic acids is 1. The second kappa shape index (κ2) is 10.1. The Morgan fingerprint density at radius 1 is 0.946 bits per heavy atom. The van der Waals surface area contributed by atoms with Crippen LogP contribution in [-0.4, -0.2) is 35.8 Å². The van der Waals surface area contributed by atoms with E-state index in [1.807, 2.05) is 54.6 Å². The maximum Gasteiger partial charge on any atom is 0.255 e. The summed E-state index contributed by atoms with van der Waals surface area (Å²) in [6.07, 6.45) is 0. The van der Waals surface area contributed by atoms with Crippen molar-refractivity contribution in [2.24, 2.45) is 0 Å². The van der Waals surface area contributed by atoms with Gasteiger partial charge in [-0.25, -0.2) is 13.4 Å². The molecular formula is C28H23N3O4S2. The van der Waals surface area contributed by atoms with Crippen LogP contribution in [0.3, 0.4) is 0 Å². The molecule has 0 aliphatic heterocycles. The predicted molar refractivity (Wildman–Crippen MR) is 146 cm³/mol. The highest BCUT2D eigenvalue weighted by atomic mass is 32.2. The smallest absolute Gasteiger partial charge is 0.255 e. The first kappa shape index (κ1) is 24.6. The summed E-state index contributed by atoms with van der Waals surface area (Å²) in [6, 6.07) is 27.6. The molecule has 0 saturated carbocycles. The molecule has 0 spiro atoms. The zero-order valence-electron chi connectivity index (χ0n) is 19.8. The van der Waals surface area contributed by atoms with Gasteiger partial charge in [-0.15, -0.1) is 11.3 Å². The molecule has 186 valence electrons. The van der Waals surface area contributed by atoms with Gasteiger partial charge in [0.15, 0.2) is 0 Å². The maximum absolute atomic E-state index is 13.0. The van der Waals surface area contributed by atoms with Gasteiger partial charge in [0.2, 0.25) is 10.0 Å². The molecule has 0 unspecified atom stereocenters. The number of anilines is 1. The summed E-state index contributed by atoms with van der Waals surface area (Å²) in [7, 11) is -2.20. The molecule has 2 N–H and O–H groups in total. The topological polar surface area (TPSA) is 99.6 Å². The minimum atomic E-state index is -3.72. The molecule has 0 fully saturated rings. The van der Waals surface area contributed by atoms with E-state index in [4.69, 9.17) is 0 Å². The number of hydrogen-bond donors (Lipinski definition) is 2. The summed E-state index contributed by atoms with van der Waals surface area (Å²) in [4.78, 5) is 17.6. The summed E-state index contributed by atoms with van der Waals surface area (Å²) in [5, 5.41) is 13.9. The van der Waals surface area contributed by atoms with Gasteiger partial charge in [0.25, 0.3) is 5.91 Å². The Morgan fingerprint density at radius 2 is 1.65 bits per heavy atom. The molecule has 4 aromatic carbocycles. The number of sulfonamides is 1. The summed E-state index contributed by atoms with van der Waals surface area (Å²) < 4.78 is 28.2. The van der Waals surface area contributed by atoms with Gasteiger partial charge >= 0.3 is 0 Å². The van der Waals surface area contributed by atoms with Gasteiger partial charge in [-0.3, -0.25) is 4.79 Å². The molecular weight excluding hydrogens is 506 g/mol. The Balaban J connectivity index is 1.32. The maximum atomic E-state index is 13.0. The van der Waals surface area contributed by atoms with E-state index in [0.717, 1.165) is 15.8 Å². The van der Waals surface area contributed by atoms with Gasteiger partial charge in [-0.1, -0.05) is 42.5 Å². The third-order valence-corrected chi connectivity index (χ3v) is 8.74. The van der Waals surface area contributed by atoms with Gasteiger partial charge < -0.3 is 10.4 Å². The fraction of sp³-hybridized carbons (Fsp3) is 0.0714. The molecule has 1 heterocycles. The van der Waals surface area contributed by atoms with Crippen molar-refractivity contribution in [3.05, 3.63) is 108 Å². The van der Waals surface area contributed by atoms with Crippen molar-refractivity contribution in [2.45, 2.75) is 11.4 Å². The van der Waals surface area contributed by atoms with Gasteiger partial charge in [-0.2, -0.15) is 4.31 Å². The Kier molecular flexibility index (Phi) is 6.75. The molecule has 7 nitrogen and oxygen atoms in total. The third kappa shape index (κ3) is 5.24. The largest absolute Gasteiger partial charge is 0.507 e. The van der Waals surface area contributed by atoms with Crippen LogP contribution in [0.25, 0.3) is 20.8 Å². The lowest BCUT2D eigenvalue weighted by Crippen LogP contribution is -2.26. The highest BCUT2D eigenvalue weighted by Crippen LogP contribution is 2.36. The molecule has 1 amide bonds. The third-order valence-electron chi connectivity index (χ3n) is 5.85. The normalized spacial score (nSPS) is 11.6. The number of phenolic OH excluding ortho intramolecular Hbond substituents is 1. The van der Waals surface area contributed by atoms with E-state index in [1.54, 1.807) is 12.1 Å². The predicted octanol–water partition coefficient (Wildman–Crippen LogP) is 5.74. The number of rotatable bonds is 7. The fourth-order valence-electron chi connectivity index (χ4n) is 3.86. The lowest BCUT2D eigenvalue weighted by atomic mass is 10.1. The van der Waals surface area contributed by atoms with E-state index >= 15 is 0 Å². The molecule has 0 radical (unpaired) electrons. The number of phenols is 1. The standard InChI is InChI=1S/C28H23N3O4S2/c1-31(18-19-7-3-2-4-8-19)37(34,35)22-14-11-20(12-15-22)27(33)29-21-13-16-25(32)23(17-21)28-30-24-9-5-6-10-26(24)36-28/h2-17,32H,18H2,1H3,(H,29,33). The minimum Gasteiger partial charge on any atom is -0.507 e. The van der Waals surface area contributed by atoms with E-state index in [9.17, 15) is 18.3 Å². The van der Waals surface area contributed by atoms with Crippen LogP contribution in [0, 0.1) is 0 Å². The van der Waals surface area contributed by atoms with Crippen LogP contribution in [0.5, 0.6) is 5.75 Å². The van der Waals surface area contributed by atoms with Crippen LogP contribution < -0.4 is 5.32 Å². The number of hydrogen-bond acceptors (Lipinski definition) is 6. The molecule has 0 bridgehead atoms. The number of nitrogens with zero attached hydrogens (tertiary/aromatic N) is 2. The number of fused-ring (bicyclic) bond motifs is 1. The van der Waals surface area contributed by atoms with Crippen molar-refractivity contribution < 1.29 is 18.3 Å². The molecule has 0 saturated heterocycles. The number of nitrogens with one attached hydrogen (secondary N) is 1. The number of para-hydroxylation sites is 1. The Labute approximate surface area is 218 Å². The number of aromatic nitrogens is 1. The zero-order valence-corrected chi connectivity index (χ0v) is 21.5. The molecule has 1 aromatic heterocycles. The first-order chi connectivity index (χ1) is 17.8. The highest BCUT2D eigenvalue weighted by molar-refractivity contribution is 7.89. The summed E-state index contributed by atoms with van der Waals surface area (Å²) in [6.45, 7) is 0.239. The molecule has 0 atom stereocenters. The Bertz CT molecular complexity index is 1650. The second-order valence-corrected chi connectivity index (χ2v) is 11.5. The molecule has 0 aliphatic rings. The lowest BCUT2D eigenvalue weighted by Gasteiger charge is -2.17. The summed E-state index contributed by atoms with van der Waals surface area (Å²) in [5.41, 5.74) is 3.02. The van der Waals surface area contributed by atoms with E-state index in [1.165, 1.54) is 53.0 Å². The monoisotopic (exact) mass is 529 g/mol. The first-order valence-corrected chi connectivity index (χ1v) is 13.7. The zero-order chi connectivity index (χ0) is 26.0. The van der Waals surface area contributed by atoms with E-state index < -0.39 is 15.9 Å². The summed E-state index contributed by atoms with van der Waals surface area (Å²) in [5.74, 6) is -0.339. The first-order valence-electron chi connectivity index (χ1n) is 11.4. The van der Waals surface area contributed by atoms with Crippen molar-refractivity contribution in [1.29, 1.82) is 0 Å². The van der Waals surface area contributed by atoms with Crippen molar-refractivity contribution in [1.82, 2.24) is 9.29 Å². The van der Waals surface area contributed by atoms with Crippen LogP contribution in [0.2, 0.25) is 0 Å². The molecule has 5 aromatic rings. The number of aromatic hydroxyl groups is 1. The van der Waals surface area contributed by atoms with Crippen LogP contribution >= 0.6 is 11.3 Å². The summed E-state index contributed by atoms with van der Waals surface area (Å²) >= 11 is 1.45. The average Bonchev–Trinajstić information content (AvgIpc) is 3.34. The van der Waals surface area contributed by atoms with Crippen LogP contribution in [0.1, 0.15) is 15.9 Å².